The molecule has 1 spiro atoms. The van der Waals surface area contributed by atoms with Crippen LogP contribution in [0.2, 0.25) is 0 Å². The minimum atomic E-state index is -0.396. The summed E-state index contributed by atoms with van der Waals surface area (Å²) in [6, 6.07) is 17.0. The van der Waals surface area contributed by atoms with Crippen molar-refractivity contribution in [2.45, 2.75) is 44.9 Å². The van der Waals surface area contributed by atoms with Crippen LogP contribution in [-0.2, 0) is 0 Å². The van der Waals surface area contributed by atoms with Gasteiger partial charge >= 0.3 is 0 Å². The maximum Gasteiger partial charge on any atom is 0.200 e. The third-order valence-corrected chi connectivity index (χ3v) is 6.48. The normalized spacial score (nSPS) is 22.6. The molecule has 2 aromatic rings. The molecule has 0 amide bonds. The fourth-order valence-corrected chi connectivity index (χ4v) is 4.89. The number of benzene rings is 2. The standard InChI is InChI=1S/C24H29N3O2/c1-3-26-15-13-24(14-16-26)27-21(17-20(25-27)18-9-6-5-7-10-18)19-11-8-12-22(28-4-2)23(19)29-24/h5-12,21H,3-4,13-17H2,1-2H3/t21-/m1/s1. The van der Waals surface area contributed by atoms with E-state index < -0.39 is 5.72 Å². The first kappa shape index (κ1) is 18.5. The number of nitrogens with zero attached hydrogens (tertiary/aromatic N) is 3. The smallest absolute Gasteiger partial charge is 0.200 e. The molecule has 152 valence electrons. The molecule has 29 heavy (non-hydrogen) atoms. The molecule has 0 aromatic heterocycles. The van der Waals surface area contributed by atoms with Crippen LogP contribution in [0.15, 0.2) is 53.6 Å². The van der Waals surface area contributed by atoms with Gasteiger partial charge in [0.25, 0.3) is 0 Å². The number of piperidine rings is 1. The van der Waals surface area contributed by atoms with Gasteiger partial charge in [-0.05, 0) is 25.1 Å². The van der Waals surface area contributed by atoms with E-state index in [1.807, 2.05) is 13.0 Å². The topological polar surface area (TPSA) is 37.3 Å². The molecule has 0 N–H and O–H groups in total. The van der Waals surface area contributed by atoms with Gasteiger partial charge in [-0.1, -0.05) is 49.4 Å². The van der Waals surface area contributed by atoms with Gasteiger partial charge in [-0.15, -0.1) is 0 Å². The molecule has 1 atom stereocenters. The second-order valence-electron chi connectivity index (χ2n) is 8.07. The summed E-state index contributed by atoms with van der Waals surface area (Å²) in [4.78, 5) is 2.49. The van der Waals surface area contributed by atoms with Crippen LogP contribution in [-0.4, -0.2) is 47.6 Å². The zero-order chi connectivity index (χ0) is 19.8. The molecule has 3 aliphatic heterocycles. The average Bonchev–Trinajstić information content (AvgIpc) is 3.23. The second kappa shape index (κ2) is 7.38. The summed E-state index contributed by atoms with van der Waals surface area (Å²) in [5.74, 6) is 1.78. The summed E-state index contributed by atoms with van der Waals surface area (Å²) in [6.07, 6.45) is 2.79. The molecule has 0 radical (unpaired) electrons. The molecular weight excluding hydrogens is 362 g/mol. The van der Waals surface area contributed by atoms with Gasteiger partial charge in [-0.3, -0.25) is 0 Å². The predicted octanol–water partition coefficient (Wildman–Crippen LogP) is 4.44. The van der Waals surface area contributed by atoms with E-state index >= 15 is 0 Å². The van der Waals surface area contributed by atoms with Gasteiger partial charge in [0, 0.05) is 37.9 Å². The number of para-hydroxylation sites is 1. The Morgan fingerprint density at radius 3 is 2.59 bits per heavy atom. The SMILES string of the molecule is CCOc1cccc2c1OC1(CCN(CC)CC1)N1N=C(c3ccccc3)C[C@H]21. The summed E-state index contributed by atoms with van der Waals surface area (Å²) in [5, 5.41) is 7.43. The van der Waals surface area contributed by atoms with E-state index in [0.717, 1.165) is 56.1 Å². The van der Waals surface area contributed by atoms with E-state index in [2.05, 4.69) is 59.3 Å². The van der Waals surface area contributed by atoms with Crippen molar-refractivity contribution in [3.63, 3.8) is 0 Å². The third-order valence-electron chi connectivity index (χ3n) is 6.48. The molecule has 5 heteroatoms. The van der Waals surface area contributed by atoms with Crippen molar-refractivity contribution >= 4 is 5.71 Å². The Hall–Kier alpha value is -2.53. The van der Waals surface area contributed by atoms with E-state index in [4.69, 9.17) is 14.6 Å². The van der Waals surface area contributed by atoms with E-state index in [9.17, 15) is 0 Å². The summed E-state index contributed by atoms with van der Waals surface area (Å²) in [5.41, 5.74) is 3.14. The Morgan fingerprint density at radius 1 is 1.07 bits per heavy atom. The molecule has 3 aliphatic rings. The maximum absolute atomic E-state index is 6.80. The fourth-order valence-electron chi connectivity index (χ4n) is 4.89. The van der Waals surface area contributed by atoms with Gasteiger partial charge in [0.15, 0.2) is 11.5 Å². The molecule has 1 saturated heterocycles. The summed E-state index contributed by atoms with van der Waals surface area (Å²) in [7, 11) is 0. The number of rotatable bonds is 4. The molecule has 0 saturated carbocycles. The molecule has 3 heterocycles. The van der Waals surface area contributed by atoms with Gasteiger partial charge in [-0.2, -0.15) is 5.10 Å². The zero-order valence-corrected chi connectivity index (χ0v) is 17.3. The second-order valence-corrected chi connectivity index (χ2v) is 8.07. The van der Waals surface area contributed by atoms with E-state index in [-0.39, 0.29) is 6.04 Å². The fraction of sp³-hybridized carbons (Fsp3) is 0.458. The van der Waals surface area contributed by atoms with Crippen LogP contribution in [0.4, 0.5) is 0 Å². The minimum absolute atomic E-state index is 0.197. The van der Waals surface area contributed by atoms with Crippen LogP contribution in [0.5, 0.6) is 11.5 Å². The largest absolute Gasteiger partial charge is 0.490 e. The van der Waals surface area contributed by atoms with Crippen molar-refractivity contribution in [2.75, 3.05) is 26.2 Å². The maximum atomic E-state index is 6.80. The average molecular weight is 392 g/mol. The Morgan fingerprint density at radius 2 is 1.86 bits per heavy atom. The van der Waals surface area contributed by atoms with Crippen LogP contribution in [0.1, 0.15) is 50.3 Å². The molecule has 0 bridgehead atoms. The van der Waals surface area contributed by atoms with Crippen LogP contribution in [0.25, 0.3) is 0 Å². The van der Waals surface area contributed by atoms with Gasteiger partial charge in [0.2, 0.25) is 5.72 Å². The highest BCUT2D eigenvalue weighted by Crippen LogP contribution is 2.52. The van der Waals surface area contributed by atoms with Crippen molar-refractivity contribution in [1.29, 1.82) is 0 Å². The lowest BCUT2D eigenvalue weighted by Crippen LogP contribution is -2.59. The Bertz CT molecular complexity index is 904. The quantitative estimate of drug-likeness (QED) is 0.772. The molecule has 0 aliphatic carbocycles. The Balaban J connectivity index is 1.58. The lowest BCUT2D eigenvalue weighted by Gasteiger charge is -2.51. The first-order valence-corrected chi connectivity index (χ1v) is 10.8. The predicted molar refractivity (Wildman–Crippen MR) is 114 cm³/mol. The van der Waals surface area contributed by atoms with Crippen molar-refractivity contribution in [3.8, 4) is 11.5 Å². The van der Waals surface area contributed by atoms with E-state index in [1.165, 1.54) is 11.1 Å². The van der Waals surface area contributed by atoms with Gasteiger partial charge < -0.3 is 14.4 Å². The number of hydrazone groups is 1. The highest BCUT2D eigenvalue weighted by Gasteiger charge is 2.52. The van der Waals surface area contributed by atoms with E-state index in [1.54, 1.807) is 0 Å². The van der Waals surface area contributed by atoms with Crippen LogP contribution in [0.3, 0.4) is 0 Å². The highest BCUT2D eigenvalue weighted by molar-refractivity contribution is 6.02. The van der Waals surface area contributed by atoms with Gasteiger partial charge in [-0.25, -0.2) is 5.01 Å². The molecule has 5 rings (SSSR count). The van der Waals surface area contributed by atoms with Crippen LogP contribution < -0.4 is 9.47 Å². The van der Waals surface area contributed by atoms with Crippen molar-refractivity contribution in [1.82, 2.24) is 9.91 Å². The lowest BCUT2D eigenvalue weighted by atomic mass is 9.90. The van der Waals surface area contributed by atoms with Crippen molar-refractivity contribution < 1.29 is 9.47 Å². The Kier molecular flexibility index (Phi) is 4.70. The molecule has 5 nitrogen and oxygen atoms in total. The number of fused-ring (bicyclic) bond motifs is 4. The first-order valence-electron chi connectivity index (χ1n) is 10.8. The van der Waals surface area contributed by atoms with Crippen molar-refractivity contribution in [3.05, 3.63) is 59.7 Å². The molecule has 1 fully saturated rings. The van der Waals surface area contributed by atoms with Gasteiger partial charge in [0.05, 0.1) is 18.4 Å². The number of hydrogen-bond donors (Lipinski definition) is 0. The van der Waals surface area contributed by atoms with Gasteiger partial charge in [0.1, 0.15) is 0 Å². The summed E-state index contributed by atoms with van der Waals surface area (Å²) in [6.45, 7) is 8.03. The van der Waals surface area contributed by atoms with Crippen molar-refractivity contribution in [2.24, 2.45) is 5.10 Å². The van der Waals surface area contributed by atoms with Crippen LogP contribution in [0, 0.1) is 0 Å². The van der Waals surface area contributed by atoms with E-state index in [0.29, 0.717) is 6.61 Å². The first-order chi connectivity index (χ1) is 14.2. The molecule has 2 aromatic carbocycles. The molecular formula is C24H29N3O2. The lowest BCUT2D eigenvalue weighted by molar-refractivity contribution is -0.150. The number of likely N-dealkylation sites (tertiary alicyclic amines) is 1. The minimum Gasteiger partial charge on any atom is -0.490 e. The highest BCUT2D eigenvalue weighted by atomic mass is 16.6. The monoisotopic (exact) mass is 391 g/mol. The third kappa shape index (κ3) is 3.08. The number of ether oxygens (including phenoxy) is 2. The summed E-state index contributed by atoms with van der Waals surface area (Å²) < 4.78 is 12.8. The molecule has 0 unspecified atom stereocenters. The Labute approximate surface area is 172 Å². The summed E-state index contributed by atoms with van der Waals surface area (Å²) >= 11 is 0. The zero-order valence-electron chi connectivity index (χ0n) is 17.3. The van der Waals surface area contributed by atoms with Crippen LogP contribution >= 0.6 is 0 Å². The number of hydrogen-bond acceptors (Lipinski definition) is 5.